The van der Waals surface area contributed by atoms with Gasteiger partial charge in [0.2, 0.25) is 0 Å². The second-order valence-electron chi connectivity index (χ2n) is 3.94. The summed E-state index contributed by atoms with van der Waals surface area (Å²) < 4.78 is 23.3. The molecule has 0 saturated heterocycles. The van der Waals surface area contributed by atoms with Gasteiger partial charge in [-0.15, -0.1) is 0 Å². The minimum Gasteiger partial charge on any atom is -0.489 e. The number of esters is 1. The summed E-state index contributed by atoms with van der Waals surface area (Å²) in [5, 5.41) is 10.7. The van der Waals surface area contributed by atoms with Gasteiger partial charge in [0.1, 0.15) is 5.56 Å². The Morgan fingerprint density at radius 2 is 2.19 bits per heavy atom. The van der Waals surface area contributed by atoms with Gasteiger partial charge < -0.3 is 9.47 Å². The van der Waals surface area contributed by atoms with Crippen molar-refractivity contribution in [2.45, 2.75) is 19.8 Å². The first-order valence-electron chi connectivity index (χ1n) is 6.21. The van der Waals surface area contributed by atoms with Crippen molar-refractivity contribution in [3.05, 3.63) is 33.6 Å². The molecule has 0 spiro atoms. The molecular weight excluding hydrogens is 285 g/mol. The maximum atomic E-state index is 13.6. The van der Waals surface area contributed by atoms with E-state index in [4.69, 9.17) is 9.47 Å². The van der Waals surface area contributed by atoms with Crippen LogP contribution in [0.3, 0.4) is 0 Å². The number of nitrogens with zero attached hydrogens (tertiary/aromatic N) is 1. The van der Waals surface area contributed by atoms with Gasteiger partial charge in [0.05, 0.1) is 18.1 Å². The van der Waals surface area contributed by atoms with Crippen molar-refractivity contribution >= 4 is 17.9 Å². The number of ether oxygens (including phenoxy) is 2. The number of hydrogen-bond acceptors (Lipinski definition) is 6. The highest BCUT2D eigenvalue weighted by atomic mass is 19.1. The Balaban J connectivity index is 2.74. The van der Waals surface area contributed by atoms with E-state index >= 15 is 0 Å². The van der Waals surface area contributed by atoms with Gasteiger partial charge in [-0.05, 0) is 19.4 Å². The van der Waals surface area contributed by atoms with Crippen LogP contribution >= 0.6 is 0 Å². The fourth-order valence-electron chi connectivity index (χ4n) is 1.61. The van der Waals surface area contributed by atoms with Crippen LogP contribution in [0.1, 0.15) is 30.1 Å². The van der Waals surface area contributed by atoms with E-state index in [2.05, 4.69) is 0 Å². The fourth-order valence-corrected chi connectivity index (χ4v) is 1.61. The molecule has 0 fully saturated rings. The normalized spacial score (nSPS) is 10.0. The van der Waals surface area contributed by atoms with Gasteiger partial charge in [-0.3, -0.25) is 19.7 Å². The molecule has 0 heterocycles. The van der Waals surface area contributed by atoms with Crippen LogP contribution in [0.25, 0.3) is 0 Å². The molecule has 1 aromatic rings. The second-order valence-corrected chi connectivity index (χ2v) is 3.94. The van der Waals surface area contributed by atoms with Gasteiger partial charge in [0.15, 0.2) is 17.9 Å². The molecule has 0 aliphatic carbocycles. The summed E-state index contributed by atoms with van der Waals surface area (Å²) in [6.07, 6.45) is 0.474. The highest BCUT2D eigenvalue weighted by Crippen LogP contribution is 2.29. The lowest BCUT2D eigenvalue weighted by molar-refractivity contribution is -0.385. The van der Waals surface area contributed by atoms with Crippen LogP contribution in [-0.4, -0.2) is 30.4 Å². The molecule has 0 N–H and O–H groups in total. The van der Waals surface area contributed by atoms with E-state index in [9.17, 15) is 24.1 Å². The first-order valence-corrected chi connectivity index (χ1v) is 6.21. The Bertz CT molecular complexity index is 546. The number of halogens is 1. The lowest BCUT2D eigenvalue weighted by Gasteiger charge is -2.09. The Morgan fingerprint density at radius 3 is 2.76 bits per heavy atom. The van der Waals surface area contributed by atoms with Crippen LogP contribution in [0.5, 0.6) is 5.75 Å². The summed E-state index contributed by atoms with van der Waals surface area (Å²) in [6.45, 7) is 1.86. The predicted molar refractivity (Wildman–Crippen MR) is 69.8 cm³/mol. The molecule has 0 saturated carbocycles. The molecule has 0 radical (unpaired) electrons. The first-order chi connectivity index (χ1) is 10.0. The second kappa shape index (κ2) is 7.93. The van der Waals surface area contributed by atoms with Crippen molar-refractivity contribution < 1.29 is 28.4 Å². The Kier molecular flexibility index (Phi) is 6.25. The Hall–Kier alpha value is -2.51. The number of carbonyl (C=O) groups excluding carboxylic acids is 2. The molecular formula is C13H14FNO6. The fraction of sp³-hybridized carbons (Fsp3) is 0.385. The zero-order valence-electron chi connectivity index (χ0n) is 11.3. The third-order valence-corrected chi connectivity index (χ3v) is 2.52. The van der Waals surface area contributed by atoms with Crippen molar-refractivity contribution in [2.75, 3.05) is 13.2 Å². The zero-order chi connectivity index (χ0) is 15.8. The number of rotatable bonds is 8. The number of aldehydes is 1. The van der Waals surface area contributed by atoms with Crippen molar-refractivity contribution in [1.82, 2.24) is 0 Å². The molecule has 114 valence electrons. The van der Waals surface area contributed by atoms with E-state index < -0.39 is 33.7 Å². The molecule has 0 amide bonds. The van der Waals surface area contributed by atoms with Gasteiger partial charge in [0, 0.05) is 12.5 Å². The van der Waals surface area contributed by atoms with Crippen molar-refractivity contribution in [2.24, 2.45) is 0 Å². The summed E-state index contributed by atoms with van der Waals surface area (Å²) in [5.41, 5.74) is -0.997. The predicted octanol–water partition coefficient (Wildman–Crippen LogP) is 2.27. The molecule has 8 heteroatoms. The van der Waals surface area contributed by atoms with Crippen LogP contribution in [0, 0.1) is 15.9 Å². The molecule has 1 rings (SSSR count). The minimum absolute atomic E-state index is 0.0702. The summed E-state index contributed by atoms with van der Waals surface area (Å²) in [4.78, 5) is 31.9. The van der Waals surface area contributed by atoms with E-state index in [1.807, 2.05) is 0 Å². The van der Waals surface area contributed by atoms with E-state index in [1.165, 1.54) is 0 Å². The maximum absolute atomic E-state index is 13.6. The smallest absolute Gasteiger partial charge is 0.305 e. The van der Waals surface area contributed by atoms with Crippen LogP contribution in [0.15, 0.2) is 12.1 Å². The topological polar surface area (TPSA) is 95.7 Å². The van der Waals surface area contributed by atoms with Crippen molar-refractivity contribution in [3.63, 3.8) is 0 Å². The SMILES string of the molecule is CCOC(=O)CCCOc1c(F)ccc([N+](=O)[O-])c1C=O. The quantitative estimate of drug-likeness (QED) is 0.240. The third kappa shape index (κ3) is 4.51. The number of nitro groups is 1. The first kappa shape index (κ1) is 16.5. The summed E-state index contributed by atoms with van der Waals surface area (Å²) >= 11 is 0. The lowest BCUT2D eigenvalue weighted by Crippen LogP contribution is -2.08. The van der Waals surface area contributed by atoms with E-state index in [0.717, 1.165) is 12.1 Å². The third-order valence-electron chi connectivity index (χ3n) is 2.52. The molecule has 21 heavy (non-hydrogen) atoms. The lowest BCUT2D eigenvalue weighted by atomic mass is 10.1. The van der Waals surface area contributed by atoms with Gasteiger partial charge >= 0.3 is 5.97 Å². The monoisotopic (exact) mass is 299 g/mol. The number of nitro benzene ring substituents is 1. The van der Waals surface area contributed by atoms with E-state index in [0.29, 0.717) is 0 Å². The highest BCUT2D eigenvalue weighted by molar-refractivity contribution is 5.85. The standard InChI is InChI=1S/C13H14FNO6/c1-2-20-12(17)4-3-7-21-13-9(8-16)11(15(18)19)6-5-10(13)14/h5-6,8H,2-4,7H2,1H3. The zero-order valence-corrected chi connectivity index (χ0v) is 11.3. The van der Waals surface area contributed by atoms with Crippen molar-refractivity contribution in [1.29, 1.82) is 0 Å². The van der Waals surface area contributed by atoms with Crippen LogP contribution < -0.4 is 4.74 Å². The van der Waals surface area contributed by atoms with E-state index in [-0.39, 0.29) is 32.3 Å². The largest absolute Gasteiger partial charge is 0.489 e. The number of hydrogen-bond donors (Lipinski definition) is 0. The van der Waals surface area contributed by atoms with Gasteiger partial charge in [-0.1, -0.05) is 0 Å². The number of benzene rings is 1. The molecule has 0 aliphatic rings. The molecule has 7 nitrogen and oxygen atoms in total. The molecule has 0 aromatic heterocycles. The van der Waals surface area contributed by atoms with Crippen LogP contribution in [0.4, 0.5) is 10.1 Å². The molecule has 0 unspecified atom stereocenters. The van der Waals surface area contributed by atoms with Crippen molar-refractivity contribution in [3.8, 4) is 5.75 Å². The Morgan fingerprint density at radius 1 is 1.48 bits per heavy atom. The van der Waals surface area contributed by atoms with E-state index in [1.54, 1.807) is 6.92 Å². The Labute approximate surface area is 119 Å². The summed E-state index contributed by atoms with van der Waals surface area (Å²) in [6, 6.07) is 1.75. The summed E-state index contributed by atoms with van der Waals surface area (Å²) in [5.74, 6) is -1.78. The minimum atomic E-state index is -0.876. The molecule has 0 atom stereocenters. The number of carbonyl (C=O) groups is 2. The molecule has 0 aliphatic heterocycles. The van der Waals surface area contributed by atoms with Gasteiger partial charge in [-0.2, -0.15) is 0 Å². The van der Waals surface area contributed by atoms with Crippen LogP contribution in [0.2, 0.25) is 0 Å². The average molecular weight is 299 g/mol. The molecule has 1 aromatic carbocycles. The molecule has 0 bridgehead atoms. The summed E-state index contributed by atoms with van der Waals surface area (Å²) in [7, 11) is 0. The maximum Gasteiger partial charge on any atom is 0.305 e. The average Bonchev–Trinajstić information content (AvgIpc) is 2.44. The van der Waals surface area contributed by atoms with Crippen LogP contribution in [-0.2, 0) is 9.53 Å². The highest BCUT2D eigenvalue weighted by Gasteiger charge is 2.22. The van der Waals surface area contributed by atoms with Gasteiger partial charge in [0.25, 0.3) is 5.69 Å². The van der Waals surface area contributed by atoms with Gasteiger partial charge in [-0.25, -0.2) is 4.39 Å².